The number of ether oxygens (including phenoxy) is 1. The number of benzene rings is 2. The van der Waals surface area contributed by atoms with Gasteiger partial charge in [-0.1, -0.05) is 35.9 Å². The van der Waals surface area contributed by atoms with E-state index in [9.17, 15) is 18.8 Å². The minimum absolute atomic E-state index is 0.0831. The second-order valence-corrected chi connectivity index (χ2v) is 14.4. The minimum Gasteiger partial charge on any atom is -0.466 e. The number of carbonyl (C=O) groups excluding carboxylic acids is 3. The van der Waals surface area contributed by atoms with Crippen molar-refractivity contribution in [3.8, 4) is 11.3 Å². The van der Waals surface area contributed by atoms with E-state index in [0.29, 0.717) is 72.8 Å². The van der Waals surface area contributed by atoms with Gasteiger partial charge in [-0.2, -0.15) is 0 Å². The first kappa shape index (κ1) is 34.0. The van der Waals surface area contributed by atoms with Gasteiger partial charge < -0.3 is 19.7 Å². The smallest absolute Gasteiger partial charge is 0.338 e. The van der Waals surface area contributed by atoms with Gasteiger partial charge >= 0.3 is 12.0 Å². The highest BCUT2D eigenvalue weighted by Gasteiger charge is 2.43. The van der Waals surface area contributed by atoms with Crippen LogP contribution in [0.25, 0.3) is 11.3 Å². The number of thiazole rings is 2. The molecule has 2 atom stereocenters. The van der Waals surface area contributed by atoms with E-state index < -0.39 is 17.8 Å². The fourth-order valence-electron chi connectivity index (χ4n) is 6.49. The number of hydrogen-bond donors (Lipinski definition) is 1. The van der Waals surface area contributed by atoms with Crippen molar-refractivity contribution in [3.63, 3.8) is 0 Å². The van der Waals surface area contributed by atoms with E-state index in [0.717, 1.165) is 16.8 Å². The van der Waals surface area contributed by atoms with Gasteiger partial charge in [0.05, 0.1) is 31.0 Å². The van der Waals surface area contributed by atoms with Crippen LogP contribution in [0.1, 0.15) is 35.5 Å². The molecule has 2 aromatic heterocycles. The quantitative estimate of drug-likeness (QED) is 0.206. The Kier molecular flexibility index (Phi) is 9.78. The normalized spacial score (nSPS) is 19.4. The standard InChI is InChI=1S/C35H33ClFN7O4S2/c1-20(45)6-7-21-4-3-5-22(14-21)28-19-50-34(40-28)44-17-24-16-42(11-12-43(24)35(44)47)18-27-29(33(46)48-2)30(25-9-8-23(37)15-26(25)36)41-31(39-27)32-38-10-13-49-32/h3-5,8-10,13-15,19,24,30H,6-7,11-12,16-18H2,1-2H3,(H,39,41)/t24-,30-/m0/s1. The summed E-state index contributed by atoms with van der Waals surface area (Å²) in [6.45, 7) is 4.02. The van der Waals surface area contributed by atoms with Crippen LogP contribution in [0.4, 0.5) is 14.3 Å². The Hall–Kier alpha value is -4.50. The largest absolute Gasteiger partial charge is 0.466 e. The van der Waals surface area contributed by atoms with Crippen LogP contribution >= 0.6 is 34.3 Å². The molecule has 0 bridgehead atoms. The number of hydrogen-bond acceptors (Lipinski definition) is 11. The molecular formula is C35H33ClFN7O4S2. The lowest BCUT2D eigenvalue weighted by atomic mass is 9.95. The maximum Gasteiger partial charge on any atom is 0.338 e. The highest BCUT2D eigenvalue weighted by Crippen LogP contribution is 2.38. The molecule has 15 heteroatoms. The van der Waals surface area contributed by atoms with Crippen LogP contribution in [0, 0.1) is 5.82 Å². The molecule has 50 heavy (non-hydrogen) atoms. The molecule has 0 unspecified atom stereocenters. The highest BCUT2D eigenvalue weighted by molar-refractivity contribution is 7.14. The first-order valence-corrected chi connectivity index (χ1v) is 18.2. The van der Waals surface area contributed by atoms with Crippen LogP contribution in [-0.2, 0) is 20.7 Å². The Bertz CT molecular complexity index is 2020. The van der Waals surface area contributed by atoms with Gasteiger partial charge in [0.15, 0.2) is 16.0 Å². The number of aromatic nitrogens is 2. The number of nitrogens with one attached hydrogen (secondary N) is 1. The third kappa shape index (κ3) is 6.93. The lowest BCUT2D eigenvalue weighted by Gasteiger charge is -2.38. The van der Waals surface area contributed by atoms with Crippen molar-refractivity contribution < 1.29 is 23.5 Å². The summed E-state index contributed by atoms with van der Waals surface area (Å²) in [7, 11) is 1.31. The molecule has 0 saturated carbocycles. The Morgan fingerprint density at radius 1 is 1.14 bits per heavy atom. The van der Waals surface area contributed by atoms with Gasteiger partial charge in [0.2, 0.25) is 0 Å². The average molecular weight is 734 g/mol. The van der Waals surface area contributed by atoms with Crippen molar-refractivity contribution in [1.29, 1.82) is 0 Å². The summed E-state index contributed by atoms with van der Waals surface area (Å²) >= 11 is 9.33. The summed E-state index contributed by atoms with van der Waals surface area (Å²) in [6.07, 6.45) is 2.83. The number of amides is 2. The molecule has 11 nitrogen and oxygen atoms in total. The van der Waals surface area contributed by atoms with Crippen LogP contribution in [0.15, 0.2) is 75.7 Å². The van der Waals surface area contributed by atoms with Crippen molar-refractivity contribution in [3.05, 3.63) is 97.7 Å². The Labute approximate surface area is 301 Å². The number of Topliss-reactive ketones (excluding diaryl/α,β-unsaturated/α-hetero) is 1. The molecule has 3 aliphatic heterocycles. The monoisotopic (exact) mass is 733 g/mol. The Morgan fingerprint density at radius 3 is 2.76 bits per heavy atom. The van der Waals surface area contributed by atoms with Gasteiger partial charge in [0, 0.05) is 71.4 Å². The number of methoxy groups -OCH3 is 1. The van der Waals surface area contributed by atoms with E-state index in [4.69, 9.17) is 26.3 Å². The maximum atomic E-state index is 14.0. The number of ketones is 1. The molecular weight excluding hydrogens is 701 g/mol. The van der Waals surface area contributed by atoms with Crippen LogP contribution in [0.5, 0.6) is 0 Å². The zero-order valence-corrected chi connectivity index (χ0v) is 29.7. The molecule has 7 rings (SSSR count). The maximum absolute atomic E-state index is 14.0. The number of amidine groups is 1. The number of piperazine rings is 1. The molecule has 3 aliphatic rings. The number of rotatable bonds is 10. The van der Waals surface area contributed by atoms with Gasteiger partial charge in [0.1, 0.15) is 17.6 Å². The molecule has 5 heterocycles. The van der Waals surface area contributed by atoms with Crippen molar-refractivity contribution >= 4 is 63.0 Å². The van der Waals surface area contributed by atoms with E-state index in [-0.39, 0.29) is 28.5 Å². The van der Waals surface area contributed by atoms with Crippen molar-refractivity contribution in [2.24, 2.45) is 4.99 Å². The lowest BCUT2D eigenvalue weighted by molar-refractivity contribution is -0.136. The van der Waals surface area contributed by atoms with Crippen molar-refractivity contribution in [1.82, 2.24) is 25.1 Å². The van der Waals surface area contributed by atoms with Crippen LogP contribution < -0.4 is 10.2 Å². The number of anilines is 1. The molecule has 0 radical (unpaired) electrons. The Balaban J connectivity index is 1.11. The molecule has 0 aliphatic carbocycles. The molecule has 1 N–H and O–H groups in total. The van der Waals surface area contributed by atoms with E-state index in [1.807, 2.05) is 39.9 Å². The number of aliphatic imine (C=N–C) groups is 1. The molecule has 2 saturated heterocycles. The van der Waals surface area contributed by atoms with Crippen LogP contribution in [0.3, 0.4) is 0 Å². The number of carbonyl (C=O) groups is 3. The molecule has 4 aromatic rings. The van der Waals surface area contributed by atoms with Gasteiger partial charge in [-0.15, -0.1) is 22.7 Å². The number of fused-ring (bicyclic) bond motifs is 1. The van der Waals surface area contributed by atoms with E-state index >= 15 is 0 Å². The van der Waals surface area contributed by atoms with E-state index in [2.05, 4.69) is 15.2 Å². The third-order valence-electron chi connectivity index (χ3n) is 8.95. The summed E-state index contributed by atoms with van der Waals surface area (Å²) in [5.41, 5.74) is 4.11. The fourth-order valence-corrected chi connectivity index (χ4v) is 8.19. The number of halogens is 2. The first-order valence-electron chi connectivity index (χ1n) is 16.0. The van der Waals surface area contributed by atoms with Gasteiger partial charge in [-0.3, -0.25) is 14.8 Å². The second-order valence-electron chi connectivity index (χ2n) is 12.3. The number of esters is 1. The number of aryl methyl sites for hydroxylation is 1. The predicted molar refractivity (Wildman–Crippen MR) is 191 cm³/mol. The van der Waals surface area contributed by atoms with Gasteiger partial charge in [-0.05, 0) is 37.1 Å². The highest BCUT2D eigenvalue weighted by atomic mass is 35.5. The zero-order chi connectivity index (χ0) is 34.9. The topological polar surface area (TPSA) is 120 Å². The SMILES string of the molecule is COC(=O)C1=C(CN2CCN3C(=O)N(c4nc(-c5cccc(CCC(C)=O)c5)cs4)C[C@@H]3C2)NC(c2nccs2)=N[C@H]1c1ccc(F)cc1Cl. The molecule has 0 spiro atoms. The second kappa shape index (κ2) is 14.4. The Morgan fingerprint density at radius 2 is 2.00 bits per heavy atom. The summed E-state index contributed by atoms with van der Waals surface area (Å²) in [4.78, 5) is 58.3. The molecule has 258 valence electrons. The van der Waals surface area contributed by atoms with Crippen molar-refractivity contribution in [2.45, 2.75) is 31.8 Å². The summed E-state index contributed by atoms with van der Waals surface area (Å²) in [5.74, 6) is -0.455. The molecule has 2 amide bonds. The van der Waals surface area contributed by atoms with Crippen LogP contribution in [-0.4, -0.2) is 89.3 Å². The summed E-state index contributed by atoms with van der Waals surface area (Å²) in [5, 5.41) is 8.53. The average Bonchev–Trinajstić information content (AvgIpc) is 3.88. The molecule has 2 aromatic carbocycles. The zero-order valence-electron chi connectivity index (χ0n) is 27.3. The lowest BCUT2D eigenvalue weighted by Crippen LogP contribution is -2.53. The first-order chi connectivity index (χ1) is 24.2. The minimum atomic E-state index is -0.857. The van der Waals surface area contributed by atoms with E-state index in [1.165, 1.54) is 48.0 Å². The van der Waals surface area contributed by atoms with Crippen LogP contribution in [0.2, 0.25) is 5.02 Å². The molecule has 2 fully saturated rings. The third-order valence-corrected chi connectivity index (χ3v) is 10.9. The van der Waals surface area contributed by atoms with Gasteiger partial charge in [0.25, 0.3) is 0 Å². The summed E-state index contributed by atoms with van der Waals surface area (Å²) in [6, 6.07) is 11.0. The number of nitrogens with zero attached hydrogens (tertiary/aromatic N) is 6. The van der Waals surface area contributed by atoms with Crippen molar-refractivity contribution in [2.75, 3.05) is 44.7 Å². The number of urea groups is 1. The predicted octanol–water partition coefficient (Wildman–Crippen LogP) is 5.73. The van der Waals surface area contributed by atoms with E-state index in [1.54, 1.807) is 18.0 Å². The van der Waals surface area contributed by atoms with Gasteiger partial charge in [-0.25, -0.2) is 23.9 Å². The summed E-state index contributed by atoms with van der Waals surface area (Å²) < 4.78 is 19.3. The fraction of sp³-hybridized carbons (Fsp3) is 0.314.